The normalized spacial score (nSPS) is 17.0. The van der Waals surface area contributed by atoms with Crippen LogP contribution in [0.1, 0.15) is 37.9 Å². The molecule has 2 atom stereocenters. The molecule has 0 fully saturated rings. The van der Waals surface area contributed by atoms with Crippen LogP contribution in [0, 0.1) is 11.7 Å². The Kier molecular flexibility index (Phi) is 8.18. The summed E-state index contributed by atoms with van der Waals surface area (Å²) in [6.45, 7) is 1.81. The summed E-state index contributed by atoms with van der Waals surface area (Å²) in [5.41, 5.74) is 2.66. The van der Waals surface area contributed by atoms with Crippen molar-refractivity contribution in [3.63, 3.8) is 0 Å². The van der Waals surface area contributed by atoms with E-state index in [0.29, 0.717) is 51.9 Å². The summed E-state index contributed by atoms with van der Waals surface area (Å²) < 4.78 is 16.6. The first-order chi connectivity index (χ1) is 19.6. The van der Waals surface area contributed by atoms with Crippen molar-refractivity contribution >= 4 is 50.9 Å². The predicted octanol–water partition coefficient (Wildman–Crippen LogP) is 6.97. The molecular weight excluding hydrogens is 617 g/mol. The van der Waals surface area contributed by atoms with Gasteiger partial charge in [-0.25, -0.2) is 13.9 Å². The molecule has 3 N–H and O–H groups in total. The number of halogens is 3. The molecule has 4 aromatic rings. The Labute approximate surface area is 247 Å². The first-order valence-electron chi connectivity index (χ1n) is 12.8. The van der Waals surface area contributed by atoms with Crippen LogP contribution in [0.4, 0.5) is 20.6 Å². The smallest absolute Gasteiger partial charge is 0.409 e. The van der Waals surface area contributed by atoms with E-state index in [1.165, 1.54) is 23.0 Å². The second-order valence-corrected chi connectivity index (χ2v) is 11.0. The van der Waals surface area contributed by atoms with Crippen LogP contribution >= 0.6 is 27.5 Å². The zero-order chi connectivity index (χ0) is 29.3. The number of fused-ring (bicyclic) bond motifs is 4. The van der Waals surface area contributed by atoms with Crippen LogP contribution < -0.4 is 16.2 Å². The number of aromatic nitrogens is 3. The molecular formula is C29H24BrClFN5O4. The van der Waals surface area contributed by atoms with E-state index in [1.807, 2.05) is 13.0 Å². The van der Waals surface area contributed by atoms with Gasteiger partial charge in [-0.15, -0.1) is 0 Å². The summed E-state index contributed by atoms with van der Waals surface area (Å²) >= 11 is 9.30. The first-order valence-corrected chi connectivity index (χ1v) is 13.9. The van der Waals surface area contributed by atoms with Crippen LogP contribution in [0.2, 0.25) is 5.02 Å². The van der Waals surface area contributed by atoms with Gasteiger partial charge in [-0.2, -0.15) is 5.10 Å². The van der Waals surface area contributed by atoms with Gasteiger partial charge >= 0.3 is 6.09 Å². The third-order valence-corrected chi connectivity index (χ3v) is 7.93. The Balaban J connectivity index is 1.60. The second kappa shape index (κ2) is 11.8. The van der Waals surface area contributed by atoms with Crippen LogP contribution in [0.25, 0.3) is 22.3 Å². The number of hydrogen-bond donors (Lipinski definition) is 3. The fourth-order valence-electron chi connectivity index (χ4n) is 4.88. The van der Waals surface area contributed by atoms with Crippen molar-refractivity contribution in [2.24, 2.45) is 5.92 Å². The number of benzene rings is 2. The Morgan fingerprint density at radius 2 is 1.95 bits per heavy atom. The van der Waals surface area contributed by atoms with Gasteiger partial charge in [0.2, 0.25) is 5.91 Å². The number of anilines is 2. The van der Waals surface area contributed by atoms with Crippen molar-refractivity contribution in [1.82, 2.24) is 14.8 Å². The molecule has 0 aliphatic carbocycles. The Morgan fingerprint density at radius 1 is 1.15 bits per heavy atom. The highest BCUT2D eigenvalue weighted by atomic mass is 79.9. The molecule has 2 aromatic carbocycles. The highest BCUT2D eigenvalue weighted by Crippen LogP contribution is 2.36. The first kappa shape index (κ1) is 28.4. The molecule has 3 heterocycles. The molecule has 41 heavy (non-hydrogen) atoms. The van der Waals surface area contributed by atoms with Crippen molar-refractivity contribution in [3.8, 4) is 22.3 Å². The zero-order valence-electron chi connectivity index (χ0n) is 21.7. The van der Waals surface area contributed by atoms with Crippen LogP contribution in [-0.2, 0) is 4.79 Å². The summed E-state index contributed by atoms with van der Waals surface area (Å²) in [5.74, 6) is -1.23. The lowest BCUT2D eigenvalue weighted by molar-refractivity contribution is -0.119. The minimum absolute atomic E-state index is 0.0722. The van der Waals surface area contributed by atoms with E-state index in [9.17, 15) is 18.8 Å². The van der Waals surface area contributed by atoms with Gasteiger partial charge in [-0.1, -0.05) is 46.9 Å². The number of amides is 2. The van der Waals surface area contributed by atoms with E-state index in [0.717, 1.165) is 0 Å². The second-order valence-electron chi connectivity index (χ2n) is 9.74. The third kappa shape index (κ3) is 6.01. The standard InChI is InChI=1S/C29H24BrClFN5O4/c1-15-3-2-4-24(37-25(38)12-17(14-34-37)26-20(30)7-8-21(31)27(26)32)23-11-16(9-10-33-23)19-6-5-18(35-29(40)41)13-22(19)36-28(15)39/h5-15,24,35H,2-4H2,1H3,(H,36,39)(H,40,41)/t15-,24+/m1/s1. The Hall–Kier alpha value is -4.09. The van der Waals surface area contributed by atoms with E-state index in [1.54, 1.807) is 36.5 Å². The fourth-order valence-corrected chi connectivity index (χ4v) is 5.57. The minimum Gasteiger partial charge on any atom is -0.465 e. The maximum atomic E-state index is 14.8. The number of carbonyl (C=O) groups is 2. The largest absolute Gasteiger partial charge is 0.465 e. The topological polar surface area (TPSA) is 126 Å². The lowest BCUT2D eigenvalue weighted by Gasteiger charge is -2.22. The maximum Gasteiger partial charge on any atom is 0.409 e. The van der Waals surface area contributed by atoms with Crippen LogP contribution in [0.5, 0.6) is 0 Å². The van der Waals surface area contributed by atoms with Gasteiger partial charge in [0.1, 0.15) is 0 Å². The SMILES string of the molecule is C[C@@H]1CCC[C@H](n2ncc(-c3c(Br)ccc(Cl)c3F)cc2=O)c2cc(ccn2)-c2ccc(NC(=O)O)cc2NC1=O. The molecule has 0 unspecified atom stereocenters. The lowest BCUT2D eigenvalue weighted by atomic mass is 9.95. The fraction of sp³-hybridized carbons (Fsp3) is 0.207. The van der Waals surface area contributed by atoms with Gasteiger partial charge < -0.3 is 10.4 Å². The Bertz CT molecular complexity index is 1730. The molecule has 210 valence electrons. The molecule has 2 bridgehead atoms. The van der Waals surface area contributed by atoms with Crippen LogP contribution in [0.3, 0.4) is 0 Å². The monoisotopic (exact) mass is 639 g/mol. The molecule has 1 aliphatic heterocycles. The number of rotatable bonds is 3. The van der Waals surface area contributed by atoms with E-state index in [-0.39, 0.29) is 28.0 Å². The van der Waals surface area contributed by atoms with Crippen molar-refractivity contribution in [3.05, 3.63) is 92.3 Å². The number of pyridine rings is 1. The average Bonchev–Trinajstić information content (AvgIpc) is 2.93. The molecule has 0 radical (unpaired) electrons. The predicted molar refractivity (Wildman–Crippen MR) is 158 cm³/mol. The molecule has 0 spiro atoms. The summed E-state index contributed by atoms with van der Waals surface area (Å²) in [4.78, 5) is 42.2. The van der Waals surface area contributed by atoms with E-state index < -0.39 is 23.5 Å². The number of carboxylic acid groups (broad SMARTS) is 1. The van der Waals surface area contributed by atoms with Crippen molar-refractivity contribution < 1.29 is 19.1 Å². The highest BCUT2D eigenvalue weighted by molar-refractivity contribution is 9.10. The Morgan fingerprint density at radius 3 is 2.71 bits per heavy atom. The molecule has 2 amide bonds. The van der Waals surface area contributed by atoms with Gasteiger partial charge in [-0.3, -0.25) is 19.9 Å². The van der Waals surface area contributed by atoms with Crippen molar-refractivity contribution in [2.75, 3.05) is 10.6 Å². The minimum atomic E-state index is -1.22. The molecule has 2 aromatic heterocycles. The summed E-state index contributed by atoms with van der Waals surface area (Å²) in [5, 5.41) is 18.7. The number of carbonyl (C=O) groups excluding carboxylic acids is 1. The highest BCUT2D eigenvalue weighted by Gasteiger charge is 2.24. The zero-order valence-corrected chi connectivity index (χ0v) is 24.0. The quantitative estimate of drug-likeness (QED) is 0.208. The van der Waals surface area contributed by atoms with Gasteiger partial charge in [-0.05, 0) is 54.8 Å². The van der Waals surface area contributed by atoms with Crippen LogP contribution in [-0.4, -0.2) is 31.9 Å². The number of nitrogens with zero attached hydrogens (tertiary/aromatic N) is 3. The molecule has 12 heteroatoms. The summed E-state index contributed by atoms with van der Waals surface area (Å²) in [6, 6.07) is 12.2. The van der Waals surface area contributed by atoms with E-state index >= 15 is 0 Å². The molecule has 5 rings (SSSR count). The molecule has 9 nitrogen and oxygen atoms in total. The summed E-state index contributed by atoms with van der Waals surface area (Å²) in [7, 11) is 0. The van der Waals surface area contributed by atoms with Crippen molar-refractivity contribution in [1.29, 1.82) is 0 Å². The molecule has 1 aliphatic rings. The lowest BCUT2D eigenvalue weighted by Crippen LogP contribution is -2.29. The third-order valence-electron chi connectivity index (χ3n) is 6.98. The average molecular weight is 641 g/mol. The number of nitrogens with one attached hydrogen (secondary N) is 2. The summed E-state index contributed by atoms with van der Waals surface area (Å²) in [6.07, 6.45) is 3.40. The van der Waals surface area contributed by atoms with Gasteiger partial charge in [0, 0.05) is 45.0 Å². The van der Waals surface area contributed by atoms with Crippen molar-refractivity contribution in [2.45, 2.75) is 32.2 Å². The number of hydrogen-bond acceptors (Lipinski definition) is 5. The van der Waals surface area contributed by atoms with E-state index in [4.69, 9.17) is 16.7 Å². The molecule has 0 saturated carbocycles. The van der Waals surface area contributed by atoms with E-state index in [2.05, 4.69) is 36.6 Å². The van der Waals surface area contributed by atoms with Gasteiger partial charge in [0.25, 0.3) is 5.56 Å². The van der Waals surface area contributed by atoms with Gasteiger partial charge in [0.15, 0.2) is 5.82 Å². The van der Waals surface area contributed by atoms with Crippen LogP contribution in [0.15, 0.2) is 70.2 Å². The molecule has 0 saturated heterocycles. The maximum absolute atomic E-state index is 14.8. The van der Waals surface area contributed by atoms with Gasteiger partial charge in [0.05, 0.1) is 28.6 Å².